The van der Waals surface area contributed by atoms with E-state index in [0.717, 1.165) is 23.9 Å². The van der Waals surface area contributed by atoms with Gasteiger partial charge in [-0.1, -0.05) is 61.7 Å². The van der Waals surface area contributed by atoms with Crippen molar-refractivity contribution in [2.24, 2.45) is 0 Å². The lowest BCUT2D eigenvalue weighted by Crippen LogP contribution is -2.35. The first kappa shape index (κ1) is 19.0. The summed E-state index contributed by atoms with van der Waals surface area (Å²) < 4.78 is 1.16. The number of nitrogens with one attached hydrogen (secondary N) is 1. The number of aromatic carboxylic acids is 1. The molecule has 0 amide bonds. The fourth-order valence-electron chi connectivity index (χ4n) is 3.19. The van der Waals surface area contributed by atoms with Crippen molar-refractivity contribution in [3.8, 4) is 11.1 Å². The molecule has 1 heterocycles. The van der Waals surface area contributed by atoms with Gasteiger partial charge in [-0.15, -0.1) is 0 Å². The summed E-state index contributed by atoms with van der Waals surface area (Å²) in [6, 6.07) is 14.1. The van der Waals surface area contributed by atoms with E-state index in [4.69, 9.17) is 11.6 Å². The highest BCUT2D eigenvalue weighted by Gasteiger charge is 2.23. The predicted molar refractivity (Wildman–Crippen MR) is 109 cm³/mol. The highest BCUT2D eigenvalue weighted by molar-refractivity contribution is 6.31. The Labute approximate surface area is 162 Å². The van der Waals surface area contributed by atoms with Crippen LogP contribution in [0.5, 0.6) is 0 Å². The minimum absolute atomic E-state index is 0.0857. The lowest BCUT2D eigenvalue weighted by Gasteiger charge is -2.19. The molecular formula is C21H21ClN2O3. The van der Waals surface area contributed by atoms with Gasteiger partial charge in [0.15, 0.2) is 5.69 Å². The summed E-state index contributed by atoms with van der Waals surface area (Å²) in [6.45, 7) is 2.60. The molecule has 0 radical (unpaired) electrons. The van der Waals surface area contributed by atoms with Crippen LogP contribution >= 0.6 is 11.6 Å². The number of unbranched alkanes of at least 4 members (excludes halogenated alkanes) is 2. The van der Waals surface area contributed by atoms with Crippen LogP contribution in [0.15, 0.2) is 53.3 Å². The Bertz CT molecular complexity index is 1030. The van der Waals surface area contributed by atoms with Crippen LogP contribution in [0.1, 0.15) is 36.7 Å². The molecule has 0 saturated carbocycles. The largest absolute Gasteiger partial charge is 0.476 e. The van der Waals surface area contributed by atoms with Crippen molar-refractivity contribution in [2.45, 2.75) is 26.2 Å². The van der Waals surface area contributed by atoms with Crippen LogP contribution in [0.3, 0.4) is 0 Å². The van der Waals surface area contributed by atoms with E-state index in [9.17, 15) is 14.7 Å². The predicted octanol–water partition coefficient (Wildman–Crippen LogP) is 4.75. The molecule has 3 rings (SSSR count). The maximum Gasteiger partial charge on any atom is 0.355 e. The van der Waals surface area contributed by atoms with Gasteiger partial charge in [0.1, 0.15) is 0 Å². The van der Waals surface area contributed by atoms with Gasteiger partial charge in [-0.25, -0.2) is 9.47 Å². The molecule has 1 aromatic heterocycles. The first-order valence-electron chi connectivity index (χ1n) is 8.95. The first-order valence-corrected chi connectivity index (χ1v) is 9.33. The number of carboxylic acid groups (broad SMARTS) is 1. The van der Waals surface area contributed by atoms with Gasteiger partial charge in [0, 0.05) is 22.5 Å². The van der Waals surface area contributed by atoms with Gasteiger partial charge in [0.05, 0.1) is 0 Å². The number of halogens is 1. The zero-order valence-corrected chi connectivity index (χ0v) is 15.8. The molecule has 2 N–H and O–H groups in total. The van der Waals surface area contributed by atoms with Gasteiger partial charge in [0.2, 0.25) is 0 Å². The second-order valence-electron chi connectivity index (χ2n) is 6.34. The van der Waals surface area contributed by atoms with Crippen LogP contribution in [0.2, 0.25) is 5.02 Å². The zero-order valence-electron chi connectivity index (χ0n) is 15.0. The third-order valence-corrected chi connectivity index (χ3v) is 4.70. The summed E-state index contributed by atoms with van der Waals surface area (Å²) in [4.78, 5) is 25.2. The fraction of sp³-hybridized carbons (Fsp3) is 0.238. The average Bonchev–Trinajstić information content (AvgIpc) is 2.66. The zero-order chi connectivity index (χ0) is 19.4. The molecule has 5 nitrogen and oxygen atoms in total. The van der Waals surface area contributed by atoms with E-state index in [1.54, 1.807) is 18.2 Å². The van der Waals surface area contributed by atoms with E-state index in [0.29, 0.717) is 33.5 Å². The van der Waals surface area contributed by atoms with Gasteiger partial charge < -0.3 is 10.5 Å². The molecule has 27 heavy (non-hydrogen) atoms. The van der Waals surface area contributed by atoms with Gasteiger partial charge in [0.25, 0.3) is 5.56 Å². The summed E-state index contributed by atoms with van der Waals surface area (Å²) in [7, 11) is 0. The normalized spacial score (nSPS) is 10.9. The SMILES string of the molecule is CCCCCNn1c(C(=O)O)c(-c2ccccc2)c2cc(Cl)ccc2c1=O. The number of hydrogen-bond donors (Lipinski definition) is 2. The number of carbonyl (C=O) groups is 1. The number of fused-ring (bicyclic) bond motifs is 1. The lowest BCUT2D eigenvalue weighted by atomic mass is 9.97. The summed E-state index contributed by atoms with van der Waals surface area (Å²) >= 11 is 6.15. The Morgan fingerprint density at radius 2 is 1.85 bits per heavy atom. The van der Waals surface area contributed by atoms with Crippen LogP contribution in [0.25, 0.3) is 21.9 Å². The Morgan fingerprint density at radius 1 is 1.11 bits per heavy atom. The van der Waals surface area contributed by atoms with Crippen LogP contribution < -0.4 is 11.0 Å². The molecule has 0 atom stereocenters. The molecule has 0 aliphatic carbocycles. The molecule has 140 valence electrons. The van der Waals surface area contributed by atoms with Crippen molar-refractivity contribution < 1.29 is 9.90 Å². The number of pyridine rings is 1. The van der Waals surface area contributed by atoms with Crippen molar-refractivity contribution in [1.29, 1.82) is 0 Å². The molecule has 3 aromatic rings. The average molecular weight is 385 g/mol. The minimum Gasteiger partial charge on any atom is -0.476 e. The third-order valence-electron chi connectivity index (χ3n) is 4.46. The van der Waals surface area contributed by atoms with Crippen molar-refractivity contribution in [1.82, 2.24) is 4.68 Å². The number of carboxylic acids is 1. The van der Waals surface area contributed by atoms with Crippen molar-refractivity contribution in [3.63, 3.8) is 0 Å². The van der Waals surface area contributed by atoms with Gasteiger partial charge in [-0.2, -0.15) is 0 Å². The van der Waals surface area contributed by atoms with Crippen LogP contribution in [0.4, 0.5) is 0 Å². The van der Waals surface area contributed by atoms with Crippen LogP contribution in [-0.2, 0) is 0 Å². The highest BCUT2D eigenvalue weighted by Crippen LogP contribution is 2.32. The quantitative estimate of drug-likeness (QED) is 0.576. The Balaban J connectivity index is 2.33. The third kappa shape index (κ3) is 3.83. The summed E-state index contributed by atoms with van der Waals surface area (Å²) in [5.74, 6) is -1.17. The molecule has 0 bridgehead atoms. The van der Waals surface area contributed by atoms with Crippen LogP contribution in [-0.4, -0.2) is 22.3 Å². The van der Waals surface area contributed by atoms with E-state index in [1.165, 1.54) is 0 Å². The van der Waals surface area contributed by atoms with Crippen LogP contribution in [0, 0.1) is 0 Å². The molecule has 0 fully saturated rings. The van der Waals surface area contributed by atoms with Crippen molar-refractivity contribution >= 4 is 28.3 Å². The second kappa shape index (κ2) is 8.27. The fourth-order valence-corrected chi connectivity index (χ4v) is 3.36. The first-order chi connectivity index (χ1) is 13.0. The van der Waals surface area contributed by atoms with E-state index >= 15 is 0 Å². The summed E-state index contributed by atoms with van der Waals surface area (Å²) in [5.41, 5.74) is 3.72. The number of aromatic nitrogens is 1. The molecular weight excluding hydrogens is 364 g/mol. The Morgan fingerprint density at radius 3 is 2.52 bits per heavy atom. The molecule has 0 aliphatic heterocycles. The van der Waals surface area contributed by atoms with E-state index < -0.39 is 11.5 Å². The smallest absolute Gasteiger partial charge is 0.355 e. The Hall–Kier alpha value is -2.79. The highest BCUT2D eigenvalue weighted by atomic mass is 35.5. The standard InChI is InChI=1S/C21H21ClN2O3/c1-2-3-7-12-23-24-19(21(26)27)18(14-8-5-4-6-9-14)17-13-15(22)10-11-16(17)20(24)25/h4-6,8-11,13,23H,2-3,7,12H2,1H3,(H,26,27). The summed E-state index contributed by atoms with van der Waals surface area (Å²) in [6.07, 6.45) is 2.88. The number of hydrogen-bond acceptors (Lipinski definition) is 3. The molecule has 0 spiro atoms. The maximum atomic E-state index is 13.0. The minimum atomic E-state index is -1.17. The second-order valence-corrected chi connectivity index (χ2v) is 6.78. The topological polar surface area (TPSA) is 71.3 Å². The van der Waals surface area contributed by atoms with E-state index in [1.807, 2.05) is 30.3 Å². The molecule has 0 saturated heterocycles. The van der Waals surface area contributed by atoms with Crippen molar-refractivity contribution in [2.75, 3.05) is 12.0 Å². The molecule has 2 aromatic carbocycles. The number of nitrogens with zero attached hydrogens (tertiary/aromatic N) is 1. The van der Waals surface area contributed by atoms with Gasteiger partial charge in [-0.05, 0) is 35.6 Å². The molecule has 0 aliphatic rings. The Kier molecular flexibility index (Phi) is 5.81. The van der Waals surface area contributed by atoms with Gasteiger partial charge in [-0.3, -0.25) is 4.79 Å². The number of benzene rings is 2. The van der Waals surface area contributed by atoms with Crippen molar-refractivity contribution in [3.05, 3.63) is 69.6 Å². The number of rotatable bonds is 7. The van der Waals surface area contributed by atoms with Gasteiger partial charge >= 0.3 is 5.97 Å². The van der Waals surface area contributed by atoms with E-state index in [-0.39, 0.29) is 5.69 Å². The molecule has 0 unspecified atom stereocenters. The maximum absolute atomic E-state index is 13.0. The lowest BCUT2D eigenvalue weighted by molar-refractivity contribution is 0.0686. The molecule has 6 heteroatoms. The summed E-state index contributed by atoms with van der Waals surface area (Å²) in [5, 5.41) is 11.3. The monoisotopic (exact) mass is 384 g/mol. The van der Waals surface area contributed by atoms with E-state index in [2.05, 4.69) is 12.3 Å².